The zero-order valence-electron chi connectivity index (χ0n) is 17.1. The average Bonchev–Trinajstić information content (AvgIpc) is 2.99. The molecule has 0 fully saturated rings. The summed E-state index contributed by atoms with van der Waals surface area (Å²) in [5.74, 6) is 1.21. The molecule has 1 spiro atoms. The number of esters is 1. The fraction of sp³-hybridized carbons (Fsp3) is 0.375. The van der Waals surface area contributed by atoms with Crippen LogP contribution in [0.2, 0.25) is 5.02 Å². The van der Waals surface area contributed by atoms with Gasteiger partial charge in [-0.15, -0.1) is 0 Å². The zero-order chi connectivity index (χ0) is 20.9. The lowest BCUT2D eigenvalue weighted by Crippen LogP contribution is -2.43. The van der Waals surface area contributed by atoms with Crippen molar-refractivity contribution in [2.45, 2.75) is 37.0 Å². The molecule has 156 valence electrons. The molecule has 2 aromatic rings. The van der Waals surface area contributed by atoms with E-state index in [0.29, 0.717) is 17.0 Å². The van der Waals surface area contributed by atoms with Gasteiger partial charge in [0.1, 0.15) is 12.2 Å². The van der Waals surface area contributed by atoms with E-state index in [-0.39, 0.29) is 23.6 Å². The van der Waals surface area contributed by atoms with Crippen molar-refractivity contribution in [1.82, 2.24) is 4.90 Å². The molecule has 3 atom stereocenters. The van der Waals surface area contributed by atoms with Gasteiger partial charge in [-0.3, -0.25) is 0 Å². The minimum Gasteiger partial charge on any atom is -0.493 e. The molecule has 1 aliphatic carbocycles. The Labute approximate surface area is 181 Å². The van der Waals surface area contributed by atoms with Crippen molar-refractivity contribution < 1.29 is 19.0 Å². The number of ether oxygens (including phenoxy) is 3. The van der Waals surface area contributed by atoms with Gasteiger partial charge in [-0.05, 0) is 55.9 Å². The monoisotopic (exact) mass is 425 g/mol. The summed E-state index contributed by atoms with van der Waals surface area (Å²) in [4.78, 5) is 14.9. The number of hydrogen-bond donors (Lipinski definition) is 0. The van der Waals surface area contributed by atoms with Crippen LogP contribution in [0.25, 0.3) is 0 Å². The standard InChI is InChI=1S/C24H24ClNO4/c1-26-11-10-24-9-8-18(29-23(27)15-4-3-5-17(25)12-15)13-20(24)30-22-19(28-2)7-6-16(14-26)21(22)24/h3-9,12,18,20H,10-11,13-14H2,1-2H3/t18-,20-,24-/m0/s1. The third kappa shape index (κ3) is 3.08. The van der Waals surface area contributed by atoms with Crippen LogP contribution in [0.1, 0.15) is 34.3 Å². The maximum Gasteiger partial charge on any atom is 0.338 e. The second-order valence-electron chi connectivity index (χ2n) is 8.31. The minimum atomic E-state index is -0.377. The van der Waals surface area contributed by atoms with Crippen LogP contribution < -0.4 is 9.47 Å². The van der Waals surface area contributed by atoms with E-state index in [9.17, 15) is 4.79 Å². The summed E-state index contributed by atoms with van der Waals surface area (Å²) in [5, 5.41) is 0.513. The Morgan fingerprint density at radius 3 is 2.97 bits per heavy atom. The Morgan fingerprint density at radius 2 is 2.17 bits per heavy atom. The molecule has 30 heavy (non-hydrogen) atoms. The molecule has 3 aliphatic rings. The highest BCUT2D eigenvalue weighted by atomic mass is 35.5. The number of nitrogens with zero attached hydrogens (tertiary/aromatic N) is 1. The summed E-state index contributed by atoms with van der Waals surface area (Å²) in [6.45, 7) is 1.85. The molecule has 0 aromatic heterocycles. The molecule has 0 amide bonds. The molecule has 6 heteroatoms. The number of methoxy groups -OCH3 is 1. The Kier molecular flexibility index (Phi) is 4.75. The smallest absolute Gasteiger partial charge is 0.338 e. The fourth-order valence-electron chi connectivity index (χ4n) is 4.97. The number of halogens is 1. The van der Waals surface area contributed by atoms with Crippen LogP contribution in [0.5, 0.6) is 11.5 Å². The lowest BCUT2D eigenvalue weighted by atomic mass is 9.69. The van der Waals surface area contributed by atoms with Crippen LogP contribution in [0.4, 0.5) is 0 Å². The van der Waals surface area contributed by atoms with Crippen LogP contribution in [-0.2, 0) is 16.7 Å². The molecule has 0 saturated heterocycles. The summed E-state index contributed by atoms with van der Waals surface area (Å²) in [5.41, 5.74) is 2.73. The van der Waals surface area contributed by atoms with Crippen molar-refractivity contribution in [3.63, 3.8) is 0 Å². The topological polar surface area (TPSA) is 48.0 Å². The molecule has 2 heterocycles. The Bertz CT molecular complexity index is 1040. The maximum atomic E-state index is 12.6. The van der Waals surface area contributed by atoms with Gasteiger partial charge in [0.15, 0.2) is 11.5 Å². The zero-order valence-corrected chi connectivity index (χ0v) is 17.8. The molecular formula is C24H24ClNO4. The predicted octanol–water partition coefficient (Wildman–Crippen LogP) is 4.37. The first-order valence-corrected chi connectivity index (χ1v) is 10.6. The molecule has 0 N–H and O–H groups in total. The first-order chi connectivity index (χ1) is 14.5. The summed E-state index contributed by atoms with van der Waals surface area (Å²) in [6.07, 6.45) is 5.32. The highest BCUT2D eigenvalue weighted by molar-refractivity contribution is 6.30. The summed E-state index contributed by atoms with van der Waals surface area (Å²) in [6, 6.07) is 10.9. The van der Waals surface area contributed by atoms with Gasteiger partial charge in [-0.25, -0.2) is 4.79 Å². The van der Waals surface area contributed by atoms with Crippen LogP contribution in [0.3, 0.4) is 0 Å². The number of hydrogen-bond acceptors (Lipinski definition) is 5. The fourth-order valence-corrected chi connectivity index (χ4v) is 5.16. The molecule has 0 radical (unpaired) electrons. The highest BCUT2D eigenvalue weighted by Crippen LogP contribution is 2.55. The van der Waals surface area contributed by atoms with Gasteiger partial charge >= 0.3 is 5.97 Å². The lowest BCUT2D eigenvalue weighted by molar-refractivity contribution is 0.0218. The van der Waals surface area contributed by atoms with Crippen LogP contribution >= 0.6 is 11.6 Å². The van der Waals surface area contributed by atoms with Crippen molar-refractivity contribution in [2.75, 3.05) is 20.7 Å². The van der Waals surface area contributed by atoms with E-state index in [1.54, 1.807) is 31.4 Å². The van der Waals surface area contributed by atoms with Crippen molar-refractivity contribution in [3.8, 4) is 11.5 Å². The maximum absolute atomic E-state index is 12.6. The second-order valence-corrected chi connectivity index (χ2v) is 8.75. The van der Waals surface area contributed by atoms with Crippen molar-refractivity contribution >= 4 is 17.6 Å². The van der Waals surface area contributed by atoms with E-state index >= 15 is 0 Å². The molecule has 2 aromatic carbocycles. The second kappa shape index (κ2) is 7.33. The Balaban J connectivity index is 1.46. The van der Waals surface area contributed by atoms with Crippen LogP contribution in [0.15, 0.2) is 48.6 Å². The predicted molar refractivity (Wildman–Crippen MR) is 114 cm³/mol. The SMILES string of the molecule is COc1ccc2c3c1O[C@H]1C[C@@H](OC(=O)c4cccc(Cl)c4)C=C[C@@]31CCN(C)C2. The van der Waals surface area contributed by atoms with Crippen molar-refractivity contribution in [1.29, 1.82) is 0 Å². The van der Waals surface area contributed by atoms with Crippen molar-refractivity contribution in [3.05, 3.63) is 70.3 Å². The normalized spacial score (nSPS) is 26.9. The van der Waals surface area contributed by atoms with E-state index in [1.807, 2.05) is 12.1 Å². The van der Waals surface area contributed by atoms with E-state index in [4.69, 9.17) is 25.8 Å². The van der Waals surface area contributed by atoms with Gasteiger partial charge in [0, 0.05) is 23.6 Å². The molecule has 0 unspecified atom stereocenters. The van der Waals surface area contributed by atoms with Gasteiger partial charge < -0.3 is 19.1 Å². The third-order valence-corrected chi connectivity index (χ3v) is 6.68. The summed E-state index contributed by atoms with van der Waals surface area (Å²) >= 11 is 6.01. The number of carbonyl (C=O) groups is 1. The number of benzene rings is 2. The van der Waals surface area contributed by atoms with Crippen LogP contribution in [0, 0.1) is 0 Å². The first-order valence-electron chi connectivity index (χ1n) is 10.2. The highest BCUT2D eigenvalue weighted by Gasteiger charge is 2.53. The largest absolute Gasteiger partial charge is 0.493 e. The Morgan fingerprint density at radius 1 is 1.30 bits per heavy atom. The Hall–Kier alpha value is -2.50. The molecular weight excluding hydrogens is 402 g/mol. The minimum absolute atomic E-state index is 0.101. The van der Waals surface area contributed by atoms with Gasteiger partial charge in [-0.2, -0.15) is 0 Å². The quantitative estimate of drug-likeness (QED) is 0.540. The van der Waals surface area contributed by atoms with Gasteiger partial charge in [0.05, 0.1) is 18.1 Å². The molecule has 0 saturated carbocycles. The van der Waals surface area contributed by atoms with Crippen LogP contribution in [-0.4, -0.2) is 43.8 Å². The van der Waals surface area contributed by atoms with E-state index in [1.165, 1.54) is 11.1 Å². The average molecular weight is 426 g/mol. The van der Waals surface area contributed by atoms with Gasteiger partial charge in [0.2, 0.25) is 0 Å². The third-order valence-electron chi connectivity index (χ3n) is 6.45. The van der Waals surface area contributed by atoms with Gasteiger partial charge in [-0.1, -0.05) is 29.8 Å². The number of rotatable bonds is 3. The molecule has 5 nitrogen and oxygen atoms in total. The lowest BCUT2D eigenvalue weighted by Gasteiger charge is -2.36. The van der Waals surface area contributed by atoms with Crippen molar-refractivity contribution in [2.24, 2.45) is 0 Å². The first kappa shape index (κ1) is 19.5. The summed E-state index contributed by atoms with van der Waals surface area (Å²) in [7, 11) is 3.82. The molecule has 0 bridgehead atoms. The van der Waals surface area contributed by atoms with E-state index < -0.39 is 0 Å². The van der Waals surface area contributed by atoms with E-state index in [2.05, 4.69) is 24.1 Å². The summed E-state index contributed by atoms with van der Waals surface area (Å²) < 4.78 is 17.8. The molecule has 2 aliphatic heterocycles. The molecule has 5 rings (SSSR count). The van der Waals surface area contributed by atoms with E-state index in [0.717, 1.165) is 31.0 Å². The number of carbonyl (C=O) groups excluding carboxylic acids is 1. The van der Waals surface area contributed by atoms with Gasteiger partial charge in [0.25, 0.3) is 0 Å².